The first-order chi connectivity index (χ1) is 13.6. The fourth-order valence-corrected chi connectivity index (χ4v) is 2.88. The molecule has 4 aromatic rings. The summed E-state index contributed by atoms with van der Waals surface area (Å²) in [6.45, 7) is 4.09. The molecule has 1 heterocycles. The molecule has 0 N–H and O–H groups in total. The topological polar surface area (TPSA) is 47.9 Å². The van der Waals surface area contributed by atoms with Gasteiger partial charge in [0.1, 0.15) is 5.75 Å². The Hall–Kier alpha value is -3.24. The van der Waals surface area contributed by atoms with Crippen LogP contribution in [0.1, 0.15) is 11.1 Å². The first kappa shape index (κ1) is 18.1. The second-order valence-corrected chi connectivity index (χ2v) is 6.99. The summed E-state index contributed by atoms with van der Waals surface area (Å²) in [5.74, 6) is 1.69. The van der Waals surface area contributed by atoms with Crippen LogP contribution < -0.4 is 4.74 Å². The van der Waals surface area contributed by atoms with Gasteiger partial charge >= 0.3 is 6.01 Å². The van der Waals surface area contributed by atoms with Gasteiger partial charge in [-0.15, -0.1) is 0 Å². The molecule has 1 aromatic heterocycles. The van der Waals surface area contributed by atoms with Crippen molar-refractivity contribution in [2.45, 2.75) is 13.8 Å². The van der Waals surface area contributed by atoms with E-state index in [0.29, 0.717) is 22.4 Å². The monoisotopic (exact) mass is 387 g/mol. The predicted octanol–water partition coefficient (Wildman–Crippen LogP) is 6.27. The largest absolute Gasteiger partial charge is 0.424 e. The van der Waals surface area contributed by atoms with Crippen molar-refractivity contribution in [3.8, 4) is 34.5 Å². The van der Waals surface area contributed by atoms with Crippen molar-refractivity contribution in [2.24, 2.45) is 0 Å². The Morgan fingerprint density at radius 2 is 1.21 bits per heavy atom. The lowest BCUT2D eigenvalue weighted by Crippen LogP contribution is -2.00. The van der Waals surface area contributed by atoms with Gasteiger partial charge in [-0.05, 0) is 32.0 Å². The molecule has 3 aromatic carbocycles. The van der Waals surface area contributed by atoms with E-state index < -0.39 is 0 Å². The molecule has 0 spiro atoms. The third-order valence-corrected chi connectivity index (χ3v) is 4.47. The minimum Gasteiger partial charge on any atom is -0.424 e. The molecule has 138 valence electrons. The number of halogens is 1. The highest BCUT2D eigenvalue weighted by Crippen LogP contribution is 2.26. The average molecular weight is 388 g/mol. The van der Waals surface area contributed by atoms with Gasteiger partial charge in [0.05, 0.1) is 0 Å². The van der Waals surface area contributed by atoms with Gasteiger partial charge in [-0.25, -0.2) is 4.98 Å². The summed E-state index contributed by atoms with van der Waals surface area (Å²) in [5.41, 5.74) is 4.15. The van der Waals surface area contributed by atoms with Crippen LogP contribution in [0.15, 0.2) is 72.8 Å². The molecule has 5 heteroatoms. The smallest absolute Gasteiger partial charge is 0.326 e. The molecule has 0 saturated carbocycles. The van der Waals surface area contributed by atoms with Crippen LogP contribution in [0.25, 0.3) is 22.8 Å². The zero-order valence-corrected chi connectivity index (χ0v) is 16.3. The first-order valence-electron chi connectivity index (χ1n) is 8.90. The van der Waals surface area contributed by atoms with Gasteiger partial charge in [0.15, 0.2) is 11.6 Å². The number of hydrogen-bond donors (Lipinski definition) is 0. The highest BCUT2D eigenvalue weighted by atomic mass is 35.5. The number of hydrogen-bond acceptors (Lipinski definition) is 4. The maximum absolute atomic E-state index is 6.06. The molecular weight excluding hydrogens is 370 g/mol. The fourth-order valence-electron chi connectivity index (χ4n) is 2.70. The average Bonchev–Trinajstić information content (AvgIpc) is 2.69. The highest BCUT2D eigenvalue weighted by molar-refractivity contribution is 6.30. The van der Waals surface area contributed by atoms with Crippen molar-refractivity contribution in [2.75, 3.05) is 0 Å². The lowest BCUT2D eigenvalue weighted by atomic mass is 10.1. The fraction of sp³-hybridized carbons (Fsp3) is 0.0870. The van der Waals surface area contributed by atoms with Crippen LogP contribution in [0, 0.1) is 13.8 Å². The van der Waals surface area contributed by atoms with E-state index >= 15 is 0 Å². The molecule has 0 unspecified atom stereocenters. The summed E-state index contributed by atoms with van der Waals surface area (Å²) < 4.78 is 5.88. The minimum atomic E-state index is 0.225. The molecule has 0 saturated heterocycles. The Labute approximate surface area is 168 Å². The predicted molar refractivity (Wildman–Crippen MR) is 112 cm³/mol. The second kappa shape index (κ2) is 7.79. The maximum atomic E-state index is 6.06. The summed E-state index contributed by atoms with van der Waals surface area (Å²) in [6, 6.07) is 23.5. The van der Waals surface area contributed by atoms with Crippen molar-refractivity contribution < 1.29 is 4.74 Å². The van der Waals surface area contributed by atoms with Crippen LogP contribution >= 0.6 is 11.6 Å². The molecule has 0 radical (unpaired) electrons. The van der Waals surface area contributed by atoms with Crippen molar-refractivity contribution in [1.29, 1.82) is 0 Å². The van der Waals surface area contributed by atoms with Crippen LogP contribution in [-0.2, 0) is 0 Å². The van der Waals surface area contributed by atoms with E-state index in [-0.39, 0.29) is 6.01 Å². The zero-order valence-electron chi connectivity index (χ0n) is 15.6. The molecule has 28 heavy (non-hydrogen) atoms. The van der Waals surface area contributed by atoms with Gasteiger partial charge in [0.25, 0.3) is 0 Å². The van der Waals surface area contributed by atoms with Crippen molar-refractivity contribution in [3.05, 3.63) is 88.9 Å². The normalized spacial score (nSPS) is 10.7. The zero-order chi connectivity index (χ0) is 19.5. The van der Waals surface area contributed by atoms with Crippen LogP contribution in [0.4, 0.5) is 0 Å². The third kappa shape index (κ3) is 4.18. The van der Waals surface area contributed by atoms with E-state index in [4.69, 9.17) is 16.3 Å². The first-order valence-corrected chi connectivity index (χ1v) is 9.28. The SMILES string of the molecule is Cc1ccc(-c2nc(Oc3cccc(Cl)c3)nc(-c3ccc(C)cc3)n2)cc1. The molecule has 0 aliphatic rings. The Bertz CT molecular complexity index is 1050. The maximum Gasteiger partial charge on any atom is 0.326 e. The quantitative estimate of drug-likeness (QED) is 0.414. The lowest BCUT2D eigenvalue weighted by Gasteiger charge is -2.09. The second-order valence-electron chi connectivity index (χ2n) is 6.56. The van der Waals surface area contributed by atoms with Crippen LogP contribution in [0.2, 0.25) is 5.02 Å². The summed E-state index contributed by atoms with van der Waals surface area (Å²) in [6.07, 6.45) is 0. The lowest BCUT2D eigenvalue weighted by molar-refractivity contribution is 0.441. The number of benzene rings is 3. The summed E-state index contributed by atoms with van der Waals surface area (Å²) >= 11 is 6.06. The number of rotatable bonds is 4. The summed E-state index contributed by atoms with van der Waals surface area (Å²) in [7, 11) is 0. The van der Waals surface area contributed by atoms with Gasteiger partial charge in [-0.1, -0.05) is 77.3 Å². The van der Waals surface area contributed by atoms with Crippen molar-refractivity contribution in [3.63, 3.8) is 0 Å². The van der Waals surface area contributed by atoms with E-state index in [9.17, 15) is 0 Å². The number of aromatic nitrogens is 3. The summed E-state index contributed by atoms with van der Waals surface area (Å²) in [4.78, 5) is 13.7. The van der Waals surface area contributed by atoms with Gasteiger partial charge in [0, 0.05) is 16.1 Å². The van der Waals surface area contributed by atoms with Crippen LogP contribution in [-0.4, -0.2) is 15.0 Å². The van der Waals surface area contributed by atoms with E-state index in [0.717, 1.165) is 11.1 Å². The standard InChI is InChI=1S/C23H18ClN3O/c1-15-6-10-17(11-7-15)21-25-22(18-12-8-16(2)9-13-18)27-23(26-21)28-20-5-3-4-19(24)14-20/h3-14H,1-2H3. The van der Waals surface area contributed by atoms with Crippen molar-refractivity contribution in [1.82, 2.24) is 15.0 Å². The van der Waals surface area contributed by atoms with Gasteiger partial charge in [0.2, 0.25) is 0 Å². The van der Waals surface area contributed by atoms with Crippen molar-refractivity contribution >= 4 is 11.6 Å². The minimum absolute atomic E-state index is 0.225. The molecule has 0 aliphatic carbocycles. The van der Waals surface area contributed by atoms with E-state index in [1.165, 1.54) is 11.1 Å². The Balaban J connectivity index is 1.80. The van der Waals surface area contributed by atoms with E-state index in [1.807, 2.05) is 74.5 Å². The Morgan fingerprint density at radius 3 is 1.71 bits per heavy atom. The molecule has 0 aliphatic heterocycles. The molecular formula is C23H18ClN3O. The molecule has 0 atom stereocenters. The van der Waals surface area contributed by atoms with Gasteiger partial charge in [-0.3, -0.25) is 0 Å². The number of aryl methyl sites for hydroxylation is 2. The number of ether oxygens (including phenoxy) is 1. The molecule has 0 amide bonds. The summed E-state index contributed by atoms with van der Waals surface area (Å²) in [5, 5.41) is 0.587. The van der Waals surface area contributed by atoms with Gasteiger partial charge in [-0.2, -0.15) is 9.97 Å². The third-order valence-electron chi connectivity index (χ3n) is 4.24. The van der Waals surface area contributed by atoms with Crippen LogP contribution in [0.5, 0.6) is 11.8 Å². The Morgan fingerprint density at radius 1 is 0.679 bits per heavy atom. The molecule has 0 fully saturated rings. The van der Waals surface area contributed by atoms with Gasteiger partial charge < -0.3 is 4.74 Å². The highest BCUT2D eigenvalue weighted by Gasteiger charge is 2.12. The molecule has 0 bridgehead atoms. The van der Waals surface area contributed by atoms with E-state index in [1.54, 1.807) is 12.1 Å². The molecule has 4 rings (SSSR count). The van der Waals surface area contributed by atoms with Crippen LogP contribution in [0.3, 0.4) is 0 Å². The van der Waals surface area contributed by atoms with E-state index in [2.05, 4.69) is 15.0 Å². The number of nitrogens with zero attached hydrogens (tertiary/aromatic N) is 3. The Kier molecular flexibility index (Phi) is 5.04. The molecule has 4 nitrogen and oxygen atoms in total.